The molecule has 106 valence electrons. The minimum absolute atomic E-state index is 0.171. The Balaban J connectivity index is 2.26. The number of hydrogen-bond donors (Lipinski definition) is 2. The van der Waals surface area contributed by atoms with Crippen LogP contribution in [0.15, 0.2) is 24.3 Å². The summed E-state index contributed by atoms with van der Waals surface area (Å²) < 4.78 is 10.0. The summed E-state index contributed by atoms with van der Waals surface area (Å²) in [4.78, 5) is 11.1. The molecule has 0 aliphatic heterocycles. The summed E-state index contributed by atoms with van der Waals surface area (Å²) in [6, 6.07) is 7.15. The maximum Gasteiger partial charge on any atom is 0.322 e. The molecule has 5 heteroatoms. The Labute approximate surface area is 113 Å². The normalized spacial score (nSPS) is 13.7. The van der Waals surface area contributed by atoms with E-state index < -0.39 is 12.1 Å². The molecule has 0 bridgehead atoms. The number of hydrogen-bond acceptors (Lipinski definition) is 5. The van der Waals surface area contributed by atoms with Gasteiger partial charge in [0.1, 0.15) is 24.5 Å². The molecule has 1 rings (SSSR count). The third-order valence-electron chi connectivity index (χ3n) is 2.68. The van der Waals surface area contributed by atoms with Crippen LogP contribution in [0.5, 0.6) is 5.75 Å². The van der Waals surface area contributed by atoms with Crippen LogP contribution in [0.4, 0.5) is 0 Å². The van der Waals surface area contributed by atoms with Crippen molar-refractivity contribution in [1.82, 2.24) is 5.32 Å². The number of aryl methyl sites for hydroxylation is 1. The first-order chi connectivity index (χ1) is 9.02. The van der Waals surface area contributed by atoms with Gasteiger partial charge in [0.2, 0.25) is 0 Å². The lowest BCUT2D eigenvalue weighted by Crippen LogP contribution is -2.41. The van der Waals surface area contributed by atoms with Crippen molar-refractivity contribution >= 4 is 5.97 Å². The Hall–Kier alpha value is -1.59. The monoisotopic (exact) mass is 267 g/mol. The minimum atomic E-state index is -0.687. The molecule has 0 aromatic heterocycles. The van der Waals surface area contributed by atoms with Crippen molar-refractivity contribution in [3.63, 3.8) is 0 Å². The van der Waals surface area contributed by atoms with Crippen molar-refractivity contribution in [3.8, 4) is 5.75 Å². The smallest absolute Gasteiger partial charge is 0.322 e. The Morgan fingerprint density at radius 2 is 2.00 bits per heavy atom. The molecule has 19 heavy (non-hydrogen) atoms. The van der Waals surface area contributed by atoms with Crippen molar-refractivity contribution in [1.29, 1.82) is 0 Å². The molecule has 0 amide bonds. The number of carbonyl (C=O) groups excluding carboxylic acids is 1. The molecule has 2 atom stereocenters. The minimum Gasteiger partial charge on any atom is -0.491 e. The predicted molar refractivity (Wildman–Crippen MR) is 72.2 cm³/mol. The van der Waals surface area contributed by atoms with Gasteiger partial charge in [0.05, 0.1) is 7.11 Å². The summed E-state index contributed by atoms with van der Waals surface area (Å²) in [6.07, 6.45) is -0.687. The van der Waals surface area contributed by atoms with Gasteiger partial charge in [-0.3, -0.25) is 4.79 Å². The van der Waals surface area contributed by atoms with Gasteiger partial charge in [0.25, 0.3) is 0 Å². The molecule has 0 fully saturated rings. The number of esters is 1. The van der Waals surface area contributed by atoms with E-state index in [1.54, 1.807) is 6.92 Å². The molecule has 0 saturated carbocycles. The zero-order valence-electron chi connectivity index (χ0n) is 11.6. The maximum atomic E-state index is 11.1. The van der Waals surface area contributed by atoms with Gasteiger partial charge in [-0.1, -0.05) is 17.7 Å². The zero-order chi connectivity index (χ0) is 14.3. The van der Waals surface area contributed by atoms with Crippen molar-refractivity contribution in [2.24, 2.45) is 0 Å². The van der Waals surface area contributed by atoms with Crippen molar-refractivity contribution in [2.75, 3.05) is 20.3 Å². The molecule has 0 heterocycles. The highest BCUT2D eigenvalue weighted by molar-refractivity contribution is 5.75. The topological polar surface area (TPSA) is 67.8 Å². The molecule has 0 spiro atoms. The fourth-order valence-electron chi connectivity index (χ4n) is 1.46. The molecule has 2 N–H and O–H groups in total. The van der Waals surface area contributed by atoms with Gasteiger partial charge in [-0.2, -0.15) is 0 Å². The van der Waals surface area contributed by atoms with E-state index in [1.807, 2.05) is 31.2 Å². The van der Waals surface area contributed by atoms with Crippen LogP contribution in [0.1, 0.15) is 12.5 Å². The van der Waals surface area contributed by atoms with Crippen LogP contribution in [-0.4, -0.2) is 43.5 Å². The largest absolute Gasteiger partial charge is 0.491 e. The lowest BCUT2D eigenvalue weighted by atomic mass is 10.2. The third-order valence-corrected chi connectivity index (χ3v) is 2.68. The van der Waals surface area contributed by atoms with Gasteiger partial charge in [0, 0.05) is 6.54 Å². The summed E-state index contributed by atoms with van der Waals surface area (Å²) in [6.45, 7) is 4.11. The van der Waals surface area contributed by atoms with Crippen molar-refractivity contribution in [3.05, 3.63) is 29.8 Å². The quantitative estimate of drug-likeness (QED) is 0.718. The molecule has 0 saturated heterocycles. The first kappa shape index (κ1) is 15.5. The van der Waals surface area contributed by atoms with Crippen LogP contribution in [0.25, 0.3) is 0 Å². The standard InChI is InChI=1S/C14H21NO4/c1-10-4-6-13(7-5-10)19-9-12(16)8-15-11(2)14(17)18-3/h4-7,11-12,15-16H,8-9H2,1-3H3. The Bertz CT molecular complexity index is 391. The van der Waals surface area contributed by atoms with Crippen molar-refractivity contribution < 1.29 is 19.4 Å². The van der Waals surface area contributed by atoms with Crippen LogP contribution in [0, 0.1) is 6.92 Å². The number of benzene rings is 1. The van der Waals surface area contributed by atoms with Gasteiger partial charge in [0.15, 0.2) is 0 Å². The van der Waals surface area contributed by atoms with Crippen LogP contribution >= 0.6 is 0 Å². The maximum absolute atomic E-state index is 11.1. The van der Waals surface area contributed by atoms with Crippen LogP contribution in [0.2, 0.25) is 0 Å². The summed E-state index contributed by atoms with van der Waals surface area (Å²) in [5, 5.41) is 12.6. The van der Waals surface area contributed by atoms with Gasteiger partial charge in [-0.25, -0.2) is 0 Å². The highest BCUT2D eigenvalue weighted by Crippen LogP contribution is 2.11. The third kappa shape index (κ3) is 5.72. The number of nitrogens with one attached hydrogen (secondary N) is 1. The summed E-state index contributed by atoms with van der Waals surface area (Å²) in [5.74, 6) is 0.359. The first-order valence-electron chi connectivity index (χ1n) is 6.21. The molecule has 1 aromatic carbocycles. The average Bonchev–Trinajstić information content (AvgIpc) is 2.43. The van der Waals surface area contributed by atoms with Gasteiger partial charge in [-0.15, -0.1) is 0 Å². The van der Waals surface area contributed by atoms with Gasteiger partial charge < -0.3 is 19.9 Å². The van der Waals surface area contributed by atoms with Crippen LogP contribution in [0.3, 0.4) is 0 Å². The number of methoxy groups -OCH3 is 1. The molecular weight excluding hydrogens is 246 g/mol. The predicted octanol–water partition coefficient (Wildman–Crippen LogP) is 0.886. The first-order valence-corrected chi connectivity index (χ1v) is 6.21. The fraction of sp³-hybridized carbons (Fsp3) is 0.500. The number of carbonyl (C=O) groups is 1. The lowest BCUT2D eigenvalue weighted by molar-refractivity contribution is -0.142. The molecule has 2 unspecified atom stereocenters. The average molecular weight is 267 g/mol. The number of rotatable bonds is 7. The Kier molecular flexibility index (Phi) is 6.32. The molecule has 0 aliphatic carbocycles. The van der Waals surface area contributed by atoms with E-state index in [1.165, 1.54) is 7.11 Å². The van der Waals surface area contributed by atoms with E-state index in [-0.39, 0.29) is 19.1 Å². The molecule has 1 aromatic rings. The number of aliphatic hydroxyl groups is 1. The number of ether oxygens (including phenoxy) is 2. The molecule has 5 nitrogen and oxygen atoms in total. The number of aliphatic hydroxyl groups excluding tert-OH is 1. The van der Waals surface area contributed by atoms with E-state index in [0.717, 1.165) is 5.56 Å². The van der Waals surface area contributed by atoms with Gasteiger partial charge >= 0.3 is 5.97 Å². The second-order valence-electron chi connectivity index (χ2n) is 4.43. The van der Waals surface area contributed by atoms with Gasteiger partial charge in [-0.05, 0) is 26.0 Å². The summed E-state index contributed by atoms with van der Waals surface area (Å²) in [7, 11) is 1.33. The van der Waals surface area contributed by atoms with E-state index >= 15 is 0 Å². The summed E-state index contributed by atoms with van der Waals surface area (Å²) in [5.41, 5.74) is 1.15. The van der Waals surface area contributed by atoms with E-state index in [0.29, 0.717) is 5.75 Å². The van der Waals surface area contributed by atoms with E-state index in [9.17, 15) is 9.90 Å². The lowest BCUT2D eigenvalue weighted by Gasteiger charge is -2.16. The SMILES string of the molecule is COC(=O)C(C)NCC(O)COc1ccc(C)cc1. The van der Waals surface area contributed by atoms with Crippen LogP contribution in [-0.2, 0) is 9.53 Å². The molecule has 0 radical (unpaired) electrons. The molecular formula is C14H21NO4. The highest BCUT2D eigenvalue weighted by atomic mass is 16.5. The van der Waals surface area contributed by atoms with E-state index in [2.05, 4.69) is 10.1 Å². The van der Waals surface area contributed by atoms with Crippen LogP contribution < -0.4 is 10.1 Å². The second kappa shape index (κ2) is 7.76. The second-order valence-corrected chi connectivity index (χ2v) is 4.43. The van der Waals surface area contributed by atoms with Crippen molar-refractivity contribution in [2.45, 2.75) is 26.0 Å². The fourth-order valence-corrected chi connectivity index (χ4v) is 1.46. The Morgan fingerprint density at radius 1 is 1.37 bits per heavy atom. The zero-order valence-corrected chi connectivity index (χ0v) is 11.6. The highest BCUT2D eigenvalue weighted by Gasteiger charge is 2.14. The molecule has 0 aliphatic rings. The van der Waals surface area contributed by atoms with E-state index in [4.69, 9.17) is 4.74 Å². The summed E-state index contributed by atoms with van der Waals surface area (Å²) >= 11 is 0. The Morgan fingerprint density at radius 3 is 2.58 bits per heavy atom.